The van der Waals surface area contributed by atoms with Crippen LogP contribution in [-0.4, -0.2) is 9.55 Å². The standard InChI is InChI=1S/C26H27N3/c1-18-6-4-8-21(12-18)22-10-11-24(20(3)14-22)16-29-17-28-15-25(29)26(27)23-9-5-7-19(2)13-23/h4-15,17,26H,16,27H2,1-3H3. The van der Waals surface area contributed by atoms with Gasteiger partial charge in [0, 0.05) is 6.54 Å². The van der Waals surface area contributed by atoms with Gasteiger partial charge < -0.3 is 10.3 Å². The molecule has 1 heterocycles. The third-order valence-electron chi connectivity index (χ3n) is 5.50. The fourth-order valence-electron chi connectivity index (χ4n) is 3.82. The maximum Gasteiger partial charge on any atom is 0.0951 e. The molecule has 1 atom stereocenters. The van der Waals surface area contributed by atoms with Crippen LogP contribution in [0.1, 0.15) is 39.6 Å². The molecule has 0 saturated heterocycles. The van der Waals surface area contributed by atoms with E-state index in [1.54, 1.807) is 0 Å². The fraction of sp³-hybridized carbons (Fsp3) is 0.192. The Morgan fingerprint density at radius 3 is 2.31 bits per heavy atom. The summed E-state index contributed by atoms with van der Waals surface area (Å²) in [7, 11) is 0. The largest absolute Gasteiger partial charge is 0.328 e. The van der Waals surface area contributed by atoms with Crippen molar-refractivity contribution in [2.24, 2.45) is 5.73 Å². The number of hydrogen-bond donors (Lipinski definition) is 1. The predicted molar refractivity (Wildman–Crippen MR) is 120 cm³/mol. The summed E-state index contributed by atoms with van der Waals surface area (Å²) in [5.74, 6) is 0. The Balaban J connectivity index is 1.60. The lowest BCUT2D eigenvalue weighted by atomic mass is 9.98. The average Bonchev–Trinajstić information content (AvgIpc) is 3.17. The highest BCUT2D eigenvalue weighted by Crippen LogP contribution is 2.25. The Hall–Kier alpha value is -3.17. The van der Waals surface area contributed by atoms with Crippen LogP contribution in [0.3, 0.4) is 0 Å². The second-order valence-corrected chi connectivity index (χ2v) is 7.85. The SMILES string of the molecule is Cc1cccc(-c2ccc(Cn3cncc3C(N)c3cccc(C)c3)c(C)c2)c1. The molecular formula is C26H27N3. The van der Waals surface area contributed by atoms with Gasteiger partial charge in [0.15, 0.2) is 0 Å². The molecule has 3 aromatic carbocycles. The number of rotatable bonds is 5. The molecule has 1 unspecified atom stereocenters. The van der Waals surface area contributed by atoms with E-state index in [2.05, 4.69) is 97.1 Å². The first-order valence-electron chi connectivity index (χ1n) is 10.00. The molecule has 4 rings (SSSR count). The zero-order valence-electron chi connectivity index (χ0n) is 17.3. The van der Waals surface area contributed by atoms with Crippen LogP contribution in [0.2, 0.25) is 0 Å². The van der Waals surface area contributed by atoms with Crippen LogP contribution in [0, 0.1) is 20.8 Å². The molecule has 146 valence electrons. The van der Waals surface area contributed by atoms with Gasteiger partial charge in [-0.15, -0.1) is 0 Å². The second-order valence-electron chi connectivity index (χ2n) is 7.85. The van der Waals surface area contributed by atoms with Crippen LogP contribution >= 0.6 is 0 Å². The van der Waals surface area contributed by atoms with Crippen molar-refractivity contribution in [2.45, 2.75) is 33.4 Å². The molecule has 3 heteroatoms. The molecule has 3 nitrogen and oxygen atoms in total. The number of nitrogens with zero attached hydrogens (tertiary/aromatic N) is 2. The monoisotopic (exact) mass is 381 g/mol. The molecule has 0 spiro atoms. The van der Waals surface area contributed by atoms with Gasteiger partial charge in [0.2, 0.25) is 0 Å². The maximum atomic E-state index is 6.58. The highest BCUT2D eigenvalue weighted by atomic mass is 15.1. The van der Waals surface area contributed by atoms with E-state index in [9.17, 15) is 0 Å². The number of benzene rings is 3. The Kier molecular flexibility index (Phi) is 5.32. The van der Waals surface area contributed by atoms with Gasteiger partial charge >= 0.3 is 0 Å². The van der Waals surface area contributed by atoms with Gasteiger partial charge in [0.25, 0.3) is 0 Å². The summed E-state index contributed by atoms with van der Waals surface area (Å²) in [4.78, 5) is 4.37. The van der Waals surface area contributed by atoms with Crippen molar-refractivity contribution in [1.82, 2.24) is 9.55 Å². The van der Waals surface area contributed by atoms with Gasteiger partial charge in [-0.1, -0.05) is 77.9 Å². The van der Waals surface area contributed by atoms with Crippen molar-refractivity contribution in [3.63, 3.8) is 0 Å². The lowest BCUT2D eigenvalue weighted by molar-refractivity contribution is 0.693. The normalized spacial score (nSPS) is 12.1. The minimum Gasteiger partial charge on any atom is -0.328 e. The molecule has 0 bridgehead atoms. The van der Waals surface area contributed by atoms with Crippen LogP contribution < -0.4 is 5.73 Å². The van der Waals surface area contributed by atoms with Gasteiger partial charge in [0.05, 0.1) is 24.3 Å². The van der Waals surface area contributed by atoms with Gasteiger partial charge in [-0.2, -0.15) is 0 Å². The molecule has 2 N–H and O–H groups in total. The molecule has 0 amide bonds. The Bertz CT molecular complexity index is 1140. The third-order valence-corrected chi connectivity index (χ3v) is 5.50. The number of hydrogen-bond acceptors (Lipinski definition) is 2. The summed E-state index contributed by atoms with van der Waals surface area (Å²) in [6.45, 7) is 7.15. The minimum absolute atomic E-state index is 0.190. The topological polar surface area (TPSA) is 43.8 Å². The van der Waals surface area contributed by atoms with Crippen LogP contribution in [0.15, 0.2) is 79.3 Å². The van der Waals surface area contributed by atoms with Crippen molar-refractivity contribution in [2.75, 3.05) is 0 Å². The van der Waals surface area contributed by atoms with Gasteiger partial charge in [-0.05, 0) is 48.6 Å². The maximum absolute atomic E-state index is 6.58. The predicted octanol–water partition coefficient (Wildman–Crippen LogP) is 5.57. The number of nitrogens with two attached hydrogens (primary N) is 1. The van der Waals surface area contributed by atoms with E-state index in [1.165, 1.54) is 33.4 Å². The summed E-state index contributed by atoms with van der Waals surface area (Å²) < 4.78 is 2.15. The van der Waals surface area contributed by atoms with Crippen molar-refractivity contribution >= 4 is 0 Å². The van der Waals surface area contributed by atoms with Crippen molar-refractivity contribution in [3.05, 3.63) is 113 Å². The van der Waals surface area contributed by atoms with E-state index in [0.29, 0.717) is 0 Å². The van der Waals surface area contributed by atoms with Crippen molar-refractivity contribution in [1.29, 1.82) is 0 Å². The van der Waals surface area contributed by atoms with Crippen molar-refractivity contribution < 1.29 is 0 Å². The quantitative estimate of drug-likeness (QED) is 0.491. The molecule has 4 aromatic rings. The smallest absolute Gasteiger partial charge is 0.0951 e. The van der Waals surface area contributed by atoms with Gasteiger partial charge in [-0.25, -0.2) is 4.98 Å². The molecule has 0 fully saturated rings. The number of imidazole rings is 1. The van der Waals surface area contributed by atoms with Crippen LogP contribution in [0.4, 0.5) is 0 Å². The highest BCUT2D eigenvalue weighted by Gasteiger charge is 2.15. The Morgan fingerprint density at radius 1 is 0.862 bits per heavy atom. The Morgan fingerprint density at radius 2 is 1.59 bits per heavy atom. The third kappa shape index (κ3) is 4.15. The summed E-state index contributed by atoms with van der Waals surface area (Å²) in [6.07, 6.45) is 3.75. The molecule has 0 aliphatic rings. The first kappa shape index (κ1) is 19.2. The van der Waals surface area contributed by atoms with Crippen molar-refractivity contribution in [3.8, 4) is 11.1 Å². The summed E-state index contributed by atoms with van der Waals surface area (Å²) in [5.41, 5.74) is 16.2. The second kappa shape index (κ2) is 8.06. The van der Waals surface area contributed by atoms with E-state index in [0.717, 1.165) is 17.8 Å². The zero-order chi connectivity index (χ0) is 20.4. The van der Waals surface area contributed by atoms with Crippen LogP contribution in [0.5, 0.6) is 0 Å². The summed E-state index contributed by atoms with van der Waals surface area (Å²) >= 11 is 0. The molecule has 0 aliphatic carbocycles. The fourth-order valence-corrected chi connectivity index (χ4v) is 3.82. The summed E-state index contributed by atoms with van der Waals surface area (Å²) in [5, 5.41) is 0. The van der Waals surface area contributed by atoms with Crippen LogP contribution in [-0.2, 0) is 6.54 Å². The molecule has 0 radical (unpaired) electrons. The van der Waals surface area contributed by atoms with E-state index in [1.807, 2.05) is 12.5 Å². The number of aromatic nitrogens is 2. The average molecular weight is 382 g/mol. The molecule has 0 aliphatic heterocycles. The van der Waals surface area contributed by atoms with Gasteiger partial charge in [-0.3, -0.25) is 0 Å². The van der Waals surface area contributed by atoms with Crippen LogP contribution in [0.25, 0.3) is 11.1 Å². The van der Waals surface area contributed by atoms with E-state index in [4.69, 9.17) is 5.73 Å². The summed E-state index contributed by atoms with van der Waals surface area (Å²) in [6, 6.07) is 23.5. The van der Waals surface area contributed by atoms with E-state index < -0.39 is 0 Å². The molecule has 0 saturated carbocycles. The van der Waals surface area contributed by atoms with Gasteiger partial charge in [0.1, 0.15) is 0 Å². The van der Waals surface area contributed by atoms with E-state index in [-0.39, 0.29) is 6.04 Å². The first-order chi connectivity index (χ1) is 14.0. The minimum atomic E-state index is -0.190. The molecule has 1 aromatic heterocycles. The Labute approximate surface area is 172 Å². The molecular weight excluding hydrogens is 354 g/mol. The molecule has 29 heavy (non-hydrogen) atoms. The first-order valence-corrected chi connectivity index (χ1v) is 10.00. The lowest BCUT2D eigenvalue weighted by Gasteiger charge is -2.17. The number of aryl methyl sites for hydroxylation is 3. The lowest BCUT2D eigenvalue weighted by Crippen LogP contribution is -2.17. The zero-order valence-corrected chi connectivity index (χ0v) is 17.3. The highest BCUT2D eigenvalue weighted by molar-refractivity contribution is 5.65. The van der Waals surface area contributed by atoms with E-state index >= 15 is 0 Å².